The third-order valence-electron chi connectivity index (χ3n) is 3.20. The Hall–Kier alpha value is -2.68. The summed E-state index contributed by atoms with van der Waals surface area (Å²) in [5.41, 5.74) is 0.827. The number of nitrogens with one attached hydrogen (secondary N) is 1. The highest BCUT2D eigenvalue weighted by Crippen LogP contribution is 2.32. The molecule has 3 aromatic rings. The quantitative estimate of drug-likeness (QED) is 0.710. The molecule has 0 saturated heterocycles. The Morgan fingerprint density at radius 1 is 1.29 bits per heavy atom. The molecule has 0 radical (unpaired) electrons. The van der Waals surface area contributed by atoms with Gasteiger partial charge in [-0.15, -0.1) is 5.10 Å². The van der Waals surface area contributed by atoms with Crippen LogP contribution in [0.2, 0.25) is 0 Å². The molecule has 1 aromatic carbocycles. The molecule has 124 valence electrons. The van der Waals surface area contributed by atoms with Crippen molar-refractivity contribution in [3.05, 3.63) is 42.2 Å². The minimum absolute atomic E-state index is 0.219. The summed E-state index contributed by atoms with van der Waals surface area (Å²) in [5.74, 6) is 0.793. The molecule has 0 saturated carbocycles. The molecule has 1 N–H and O–H groups in total. The van der Waals surface area contributed by atoms with Crippen LogP contribution < -0.4 is 5.32 Å². The average molecular weight is 344 g/mol. The zero-order chi connectivity index (χ0) is 17.2. The Morgan fingerprint density at radius 3 is 2.71 bits per heavy atom. The van der Waals surface area contributed by atoms with Crippen LogP contribution in [0, 0.1) is 6.92 Å². The molecular weight excluding hydrogens is 328 g/mol. The molecule has 0 aliphatic carbocycles. The Balaban J connectivity index is 1.77. The predicted octanol–water partition coefficient (Wildman–Crippen LogP) is 2.47. The van der Waals surface area contributed by atoms with E-state index in [1.807, 2.05) is 30.3 Å². The molecule has 0 spiro atoms. The minimum Gasteiger partial charge on any atom is -0.360 e. The number of nitrogens with zero attached hydrogens (tertiary/aromatic N) is 5. The number of thioether (sulfide) groups is 1. The van der Waals surface area contributed by atoms with Crippen LogP contribution in [0.1, 0.15) is 19.6 Å². The van der Waals surface area contributed by atoms with Gasteiger partial charge in [-0.2, -0.15) is 4.68 Å². The van der Waals surface area contributed by atoms with Gasteiger partial charge in [0, 0.05) is 6.07 Å². The van der Waals surface area contributed by atoms with E-state index < -0.39 is 4.75 Å². The van der Waals surface area contributed by atoms with Gasteiger partial charge in [0.05, 0.1) is 10.4 Å². The Labute approximate surface area is 142 Å². The van der Waals surface area contributed by atoms with Crippen molar-refractivity contribution < 1.29 is 9.32 Å². The monoisotopic (exact) mass is 344 g/mol. The van der Waals surface area contributed by atoms with Crippen LogP contribution in [-0.2, 0) is 4.79 Å². The Kier molecular flexibility index (Phi) is 4.34. The lowest BCUT2D eigenvalue weighted by atomic mass is 10.2. The lowest BCUT2D eigenvalue weighted by molar-refractivity contribution is -0.117. The molecule has 0 aliphatic rings. The van der Waals surface area contributed by atoms with Gasteiger partial charge in [0.25, 0.3) is 0 Å². The van der Waals surface area contributed by atoms with Crippen molar-refractivity contribution in [2.45, 2.75) is 30.7 Å². The number of benzene rings is 1. The summed E-state index contributed by atoms with van der Waals surface area (Å²) < 4.78 is 5.74. The number of carbonyl (C=O) groups is 1. The molecule has 3 rings (SSSR count). The molecule has 0 aliphatic heterocycles. The largest absolute Gasteiger partial charge is 0.360 e. The number of carbonyl (C=O) groups excluding carboxylic acids is 1. The van der Waals surface area contributed by atoms with E-state index in [9.17, 15) is 4.79 Å². The number of aryl methyl sites for hydroxylation is 1. The summed E-state index contributed by atoms with van der Waals surface area (Å²) in [6, 6.07) is 11.2. The highest BCUT2D eigenvalue weighted by atomic mass is 32.2. The molecule has 24 heavy (non-hydrogen) atoms. The van der Waals surface area contributed by atoms with Crippen molar-refractivity contribution in [3.63, 3.8) is 0 Å². The maximum atomic E-state index is 12.5. The summed E-state index contributed by atoms with van der Waals surface area (Å²) in [7, 11) is 0. The first kappa shape index (κ1) is 16.2. The minimum atomic E-state index is -0.811. The summed E-state index contributed by atoms with van der Waals surface area (Å²) in [6.45, 7) is 5.35. The molecule has 9 heteroatoms. The fourth-order valence-corrected chi connectivity index (χ4v) is 2.85. The third kappa shape index (κ3) is 3.46. The van der Waals surface area contributed by atoms with Gasteiger partial charge < -0.3 is 9.84 Å². The first-order valence-electron chi connectivity index (χ1n) is 7.23. The third-order valence-corrected chi connectivity index (χ3v) is 4.34. The van der Waals surface area contributed by atoms with E-state index >= 15 is 0 Å². The zero-order valence-electron chi connectivity index (χ0n) is 13.4. The van der Waals surface area contributed by atoms with Crippen molar-refractivity contribution in [2.24, 2.45) is 0 Å². The van der Waals surface area contributed by atoms with Crippen LogP contribution >= 0.6 is 11.8 Å². The van der Waals surface area contributed by atoms with E-state index in [1.165, 1.54) is 11.8 Å². The summed E-state index contributed by atoms with van der Waals surface area (Å²) in [5, 5.41) is 18.8. The fraction of sp³-hybridized carbons (Fsp3) is 0.267. The van der Waals surface area contributed by atoms with Gasteiger partial charge in [-0.3, -0.25) is 4.79 Å². The highest BCUT2D eigenvalue weighted by Gasteiger charge is 2.32. The molecule has 1 amide bonds. The van der Waals surface area contributed by atoms with Crippen LogP contribution in [0.5, 0.6) is 0 Å². The van der Waals surface area contributed by atoms with Crippen LogP contribution in [0.4, 0.5) is 5.82 Å². The maximum Gasteiger partial charge on any atom is 0.241 e. The van der Waals surface area contributed by atoms with Crippen molar-refractivity contribution in [1.82, 2.24) is 25.4 Å². The summed E-state index contributed by atoms with van der Waals surface area (Å²) in [4.78, 5) is 12.5. The normalized spacial score (nSPS) is 11.5. The SMILES string of the molecule is Cc1cc(NC(=O)C(C)(C)Sc2nnnn2-c2ccccc2)no1. The van der Waals surface area contributed by atoms with E-state index in [1.54, 1.807) is 31.5 Å². The summed E-state index contributed by atoms with van der Waals surface area (Å²) >= 11 is 1.26. The molecule has 0 bridgehead atoms. The van der Waals surface area contributed by atoms with Gasteiger partial charge in [0.1, 0.15) is 5.76 Å². The number of para-hydroxylation sites is 1. The van der Waals surface area contributed by atoms with Gasteiger partial charge in [-0.25, -0.2) is 0 Å². The molecule has 0 atom stereocenters. The molecule has 0 fully saturated rings. The lowest BCUT2D eigenvalue weighted by Gasteiger charge is -2.21. The van der Waals surface area contributed by atoms with Gasteiger partial charge >= 0.3 is 0 Å². The van der Waals surface area contributed by atoms with Crippen LogP contribution in [0.3, 0.4) is 0 Å². The molecule has 8 nitrogen and oxygen atoms in total. The lowest BCUT2D eigenvalue weighted by Crippen LogP contribution is -2.34. The number of tetrazole rings is 1. The smallest absolute Gasteiger partial charge is 0.241 e. The summed E-state index contributed by atoms with van der Waals surface area (Å²) in [6.07, 6.45) is 0. The van der Waals surface area contributed by atoms with Gasteiger partial charge in [-0.05, 0) is 43.3 Å². The number of rotatable bonds is 5. The second-order valence-corrected chi connectivity index (χ2v) is 7.19. The first-order valence-corrected chi connectivity index (χ1v) is 8.05. The standard InChI is InChI=1S/C15H16N6O2S/c1-10-9-12(18-23-10)16-13(22)15(2,3)24-14-17-19-20-21(14)11-7-5-4-6-8-11/h4-9H,1-3H3,(H,16,18,22). The van der Waals surface area contributed by atoms with Crippen LogP contribution in [0.25, 0.3) is 5.69 Å². The maximum absolute atomic E-state index is 12.5. The van der Waals surface area contributed by atoms with Crippen molar-refractivity contribution >= 4 is 23.5 Å². The topological polar surface area (TPSA) is 98.7 Å². The number of hydrogen-bond donors (Lipinski definition) is 1. The van der Waals surface area contributed by atoms with Crippen molar-refractivity contribution in [3.8, 4) is 5.69 Å². The van der Waals surface area contributed by atoms with Gasteiger partial charge in [0.15, 0.2) is 5.82 Å². The van der Waals surface area contributed by atoms with E-state index in [-0.39, 0.29) is 5.91 Å². The highest BCUT2D eigenvalue weighted by molar-refractivity contribution is 8.01. The Morgan fingerprint density at radius 2 is 2.04 bits per heavy atom. The number of hydrogen-bond acceptors (Lipinski definition) is 7. The predicted molar refractivity (Wildman–Crippen MR) is 89.0 cm³/mol. The first-order chi connectivity index (χ1) is 11.5. The zero-order valence-corrected chi connectivity index (χ0v) is 14.2. The van der Waals surface area contributed by atoms with E-state index in [2.05, 4.69) is 26.0 Å². The second-order valence-electron chi connectivity index (χ2n) is 5.60. The van der Waals surface area contributed by atoms with Gasteiger partial charge in [0.2, 0.25) is 11.1 Å². The van der Waals surface area contributed by atoms with E-state index in [0.717, 1.165) is 5.69 Å². The number of anilines is 1. The van der Waals surface area contributed by atoms with E-state index in [4.69, 9.17) is 4.52 Å². The second kappa shape index (κ2) is 6.44. The fourth-order valence-electron chi connectivity index (χ4n) is 1.94. The average Bonchev–Trinajstić information content (AvgIpc) is 3.17. The molecular formula is C15H16N6O2S. The van der Waals surface area contributed by atoms with Crippen molar-refractivity contribution in [1.29, 1.82) is 0 Å². The van der Waals surface area contributed by atoms with E-state index in [0.29, 0.717) is 16.7 Å². The number of aromatic nitrogens is 5. The van der Waals surface area contributed by atoms with Crippen LogP contribution in [0.15, 0.2) is 46.1 Å². The Bertz CT molecular complexity index is 843. The molecule has 2 aromatic heterocycles. The van der Waals surface area contributed by atoms with Crippen molar-refractivity contribution in [2.75, 3.05) is 5.32 Å². The molecule has 2 heterocycles. The number of amides is 1. The van der Waals surface area contributed by atoms with Gasteiger partial charge in [-0.1, -0.05) is 35.1 Å². The van der Waals surface area contributed by atoms with Crippen LogP contribution in [-0.4, -0.2) is 36.0 Å². The molecule has 0 unspecified atom stereocenters.